The van der Waals surface area contributed by atoms with Crippen molar-refractivity contribution >= 4 is 42.6 Å². The van der Waals surface area contributed by atoms with E-state index in [-0.39, 0.29) is 10.8 Å². The first-order valence-corrected chi connectivity index (χ1v) is 14.9. The molecule has 37 heavy (non-hydrogen) atoms. The molecule has 0 radical (unpaired) electrons. The van der Waals surface area contributed by atoms with Crippen molar-refractivity contribution in [3.63, 3.8) is 0 Å². The Morgan fingerprint density at radius 2 is 1.81 bits per heavy atom. The van der Waals surface area contributed by atoms with Gasteiger partial charge in [-0.3, -0.25) is 14.6 Å². The number of hydrogen-bond donors (Lipinski definition) is 0. The standard InChI is InChI=1S/C26H32N4O5S2/c1-34-21-7-10-24-23(19-21)27-26(36-24)30(14-4-11-28-15-17-35-18-16-28)25(31)20-5-8-22(9-6-20)37(32,33)29-12-2-3-13-29/h5-10,19H,2-4,11-18H2,1H3. The highest BCUT2D eigenvalue weighted by molar-refractivity contribution is 7.89. The number of amides is 1. The van der Waals surface area contributed by atoms with Crippen molar-refractivity contribution in [1.82, 2.24) is 14.2 Å². The van der Waals surface area contributed by atoms with E-state index in [1.54, 1.807) is 24.1 Å². The zero-order valence-electron chi connectivity index (χ0n) is 21.0. The second-order valence-corrected chi connectivity index (χ2v) is 12.2. The van der Waals surface area contributed by atoms with E-state index in [2.05, 4.69) is 4.90 Å². The smallest absolute Gasteiger partial charge is 0.260 e. The highest BCUT2D eigenvalue weighted by Gasteiger charge is 2.28. The molecule has 0 bridgehead atoms. The number of hydrogen-bond acceptors (Lipinski definition) is 8. The molecule has 0 aliphatic carbocycles. The first kappa shape index (κ1) is 26.1. The van der Waals surface area contributed by atoms with Crippen LogP contribution in [-0.4, -0.2) is 88.1 Å². The van der Waals surface area contributed by atoms with Crippen LogP contribution in [0.15, 0.2) is 47.4 Å². The summed E-state index contributed by atoms with van der Waals surface area (Å²) in [6, 6.07) is 12.0. The number of morpholine rings is 1. The molecule has 2 aromatic carbocycles. The quantitative estimate of drug-likeness (QED) is 0.407. The van der Waals surface area contributed by atoms with Gasteiger partial charge in [-0.05, 0) is 55.7 Å². The summed E-state index contributed by atoms with van der Waals surface area (Å²) in [7, 11) is -1.92. The van der Waals surface area contributed by atoms with Gasteiger partial charge < -0.3 is 9.47 Å². The maximum absolute atomic E-state index is 13.7. The van der Waals surface area contributed by atoms with Crippen molar-refractivity contribution in [3.8, 4) is 5.75 Å². The summed E-state index contributed by atoms with van der Waals surface area (Å²) < 4.78 is 39.1. The summed E-state index contributed by atoms with van der Waals surface area (Å²) in [5, 5.41) is 0.615. The molecule has 3 heterocycles. The Bertz CT molecular complexity index is 1330. The summed E-state index contributed by atoms with van der Waals surface area (Å²) >= 11 is 1.46. The molecule has 11 heteroatoms. The molecule has 2 aliphatic rings. The van der Waals surface area contributed by atoms with Crippen molar-refractivity contribution in [2.75, 3.05) is 64.5 Å². The minimum Gasteiger partial charge on any atom is -0.497 e. The monoisotopic (exact) mass is 544 g/mol. The predicted molar refractivity (Wildman–Crippen MR) is 144 cm³/mol. The third-order valence-corrected chi connectivity index (χ3v) is 9.80. The van der Waals surface area contributed by atoms with Gasteiger partial charge in [-0.2, -0.15) is 4.31 Å². The lowest BCUT2D eigenvalue weighted by Crippen LogP contribution is -2.39. The number of fused-ring (bicyclic) bond motifs is 1. The van der Waals surface area contributed by atoms with Crippen molar-refractivity contribution in [3.05, 3.63) is 48.0 Å². The molecule has 198 valence electrons. The molecule has 2 fully saturated rings. The molecule has 3 aromatic rings. The number of carbonyl (C=O) groups excluding carboxylic acids is 1. The van der Waals surface area contributed by atoms with Gasteiger partial charge in [0.05, 0.1) is 35.4 Å². The largest absolute Gasteiger partial charge is 0.497 e. The van der Waals surface area contributed by atoms with Crippen LogP contribution in [-0.2, 0) is 14.8 Å². The first-order valence-electron chi connectivity index (χ1n) is 12.6. The number of rotatable bonds is 9. The molecule has 0 atom stereocenters. The molecule has 0 spiro atoms. The van der Waals surface area contributed by atoms with E-state index < -0.39 is 10.0 Å². The van der Waals surface area contributed by atoms with Crippen LogP contribution in [0.3, 0.4) is 0 Å². The minimum atomic E-state index is -3.53. The maximum Gasteiger partial charge on any atom is 0.260 e. The van der Waals surface area contributed by atoms with Crippen LogP contribution in [0.4, 0.5) is 5.13 Å². The van der Waals surface area contributed by atoms with Crippen molar-refractivity contribution in [2.45, 2.75) is 24.2 Å². The first-order chi connectivity index (χ1) is 18.0. The lowest BCUT2D eigenvalue weighted by molar-refractivity contribution is 0.0376. The number of aromatic nitrogens is 1. The molecule has 5 rings (SSSR count). The van der Waals surface area contributed by atoms with E-state index in [0.717, 1.165) is 62.3 Å². The van der Waals surface area contributed by atoms with Gasteiger partial charge in [0.25, 0.3) is 5.91 Å². The van der Waals surface area contributed by atoms with Crippen LogP contribution < -0.4 is 9.64 Å². The molecule has 0 N–H and O–H groups in total. The highest BCUT2D eigenvalue weighted by atomic mass is 32.2. The lowest BCUT2D eigenvalue weighted by atomic mass is 10.2. The number of nitrogens with zero attached hydrogens (tertiary/aromatic N) is 4. The molecular weight excluding hydrogens is 512 g/mol. The number of methoxy groups -OCH3 is 1. The molecule has 0 unspecified atom stereocenters. The van der Waals surface area contributed by atoms with Gasteiger partial charge in [0.1, 0.15) is 5.75 Å². The normalized spacial score (nSPS) is 17.3. The molecule has 1 amide bonds. The minimum absolute atomic E-state index is 0.196. The Morgan fingerprint density at radius 3 is 2.51 bits per heavy atom. The molecule has 2 saturated heterocycles. The number of benzene rings is 2. The number of sulfonamides is 1. The molecule has 0 saturated carbocycles. The van der Waals surface area contributed by atoms with E-state index in [0.29, 0.717) is 36.1 Å². The Morgan fingerprint density at radius 1 is 1.08 bits per heavy atom. The van der Waals surface area contributed by atoms with E-state index in [1.807, 2.05) is 18.2 Å². The third kappa shape index (κ3) is 5.80. The fourth-order valence-corrected chi connectivity index (χ4v) is 7.19. The Kier molecular flexibility index (Phi) is 8.06. The fourth-order valence-electron chi connectivity index (χ4n) is 4.70. The van der Waals surface area contributed by atoms with Crippen LogP contribution in [0.1, 0.15) is 29.6 Å². The SMILES string of the molecule is COc1ccc2sc(N(CCCN3CCOCC3)C(=O)c3ccc(S(=O)(=O)N4CCCC4)cc3)nc2c1. The van der Waals surface area contributed by atoms with Crippen molar-refractivity contribution < 1.29 is 22.7 Å². The highest BCUT2D eigenvalue weighted by Crippen LogP contribution is 2.32. The second-order valence-electron chi connectivity index (χ2n) is 9.23. The van der Waals surface area contributed by atoms with E-state index in [9.17, 15) is 13.2 Å². The van der Waals surface area contributed by atoms with Gasteiger partial charge in [0.2, 0.25) is 10.0 Å². The number of carbonyl (C=O) groups is 1. The molecule has 9 nitrogen and oxygen atoms in total. The Balaban J connectivity index is 1.38. The summed E-state index contributed by atoms with van der Waals surface area (Å²) in [6.07, 6.45) is 2.54. The lowest BCUT2D eigenvalue weighted by Gasteiger charge is -2.27. The van der Waals surface area contributed by atoms with Crippen molar-refractivity contribution in [2.24, 2.45) is 0 Å². The van der Waals surface area contributed by atoms with Gasteiger partial charge in [0.15, 0.2) is 5.13 Å². The van der Waals surface area contributed by atoms with Gasteiger partial charge in [-0.1, -0.05) is 11.3 Å². The fraction of sp³-hybridized carbons (Fsp3) is 0.462. The number of ether oxygens (including phenoxy) is 2. The zero-order chi connectivity index (χ0) is 25.8. The number of thiazole rings is 1. The zero-order valence-corrected chi connectivity index (χ0v) is 22.6. The van der Waals surface area contributed by atoms with Gasteiger partial charge in [-0.25, -0.2) is 13.4 Å². The van der Waals surface area contributed by atoms with E-state index >= 15 is 0 Å². The summed E-state index contributed by atoms with van der Waals surface area (Å²) in [4.78, 5) is 22.7. The van der Waals surface area contributed by atoms with Crippen LogP contribution in [0, 0.1) is 0 Å². The molecular formula is C26H32N4O5S2. The van der Waals surface area contributed by atoms with Crippen molar-refractivity contribution in [1.29, 1.82) is 0 Å². The van der Waals surface area contributed by atoms with Crippen LogP contribution in [0.2, 0.25) is 0 Å². The molecule has 1 aromatic heterocycles. The second kappa shape index (κ2) is 11.4. The van der Waals surface area contributed by atoms with Crippen LogP contribution in [0.25, 0.3) is 10.2 Å². The van der Waals surface area contributed by atoms with E-state index in [1.165, 1.54) is 27.8 Å². The Hall–Kier alpha value is -2.57. The third-order valence-electron chi connectivity index (χ3n) is 6.82. The van der Waals surface area contributed by atoms with Gasteiger partial charge >= 0.3 is 0 Å². The average Bonchev–Trinajstić information content (AvgIpc) is 3.62. The van der Waals surface area contributed by atoms with E-state index in [4.69, 9.17) is 14.5 Å². The van der Waals surface area contributed by atoms with Crippen LogP contribution >= 0.6 is 11.3 Å². The van der Waals surface area contributed by atoms with Gasteiger partial charge in [-0.15, -0.1) is 0 Å². The predicted octanol–water partition coefficient (Wildman–Crippen LogP) is 3.46. The summed E-state index contributed by atoms with van der Waals surface area (Å²) in [5.74, 6) is 0.516. The Labute approximate surface area is 221 Å². The molecule has 2 aliphatic heterocycles. The maximum atomic E-state index is 13.7. The topological polar surface area (TPSA) is 92.3 Å². The van der Waals surface area contributed by atoms with Crippen LogP contribution in [0.5, 0.6) is 5.75 Å². The number of anilines is 1. The average molecular weight is 545 g/mol. The van der Waals surface area contributed by atoms with Gasteiger partial charge in [0, 0.05) is 50.9 Å². The summed E-state index contributed by atoms with van der Waals surface area (Å²) in [5.41, 5.74) is 1.21. The summed E-state index contributed by atoms with van der Waals surface area (Å²) in [6.45, 7) is 5.69.